The van der Waals surface area contributed by atoms with Gasteiger partial charge < -0.3 is 25.4 Å². The molecular formula is C11H17N3O5. The fourth-order valence-electron chi connectivity index (χ4n) is 1.70. The molecule has 1 heterocycles. The third-order valence-corrected chi connectivity index (χ3v) is 2.61. The van der Waals surface area contributed by atoms with Crippen LogP contribution in [0.4, 0.5) is 4.79 Å². The van der Waals surface area contributed by atoms with Gasteiger partial charge in [-0.25, -0.2) is 9.59 Å². The summed E-state index contributed by atoms with van der Waals surface area (Å²) in [6.45, 7) is 4.88. The minimum absolute atomic E-state index is 0.340. The van der Waals surface area contributed by atoms with Crippen molar-refractivity contribution in [1.82, 2.24) is 15.8 Å². The number of nitrogens with one attached hydrogen (secondary N) is 2. The summed E-state index contributed by atoms with van der Waals surface area (Å²) < 4.78 is 4.99. The Balaban J connectivity index is 2.51. The predicted octanol–water partition coefficient (Wildman–Crippen LogP) is 0.0971. The van der Waals surface area contributed by atoms with Crippen LogP contribution in [0.1, 0.15) is 30.0 Å². The molecule has 1 aromatic heterocycles. The number of hydrogen-bond donors (Lipinski definition) is 4. The lowest BCUT2D eigenvalue weighted by Gasteiger charge is -2.15. The second-order valence-corrected chi connectivity index (χ2v) is 4.17. The van der Waals surface area contributed by atoms with Gasteiger partial charge in [-0.05, 0) is 20.8 Å². The Labute approximate surface area is 109 Å². The number of carboxylic acids is 1. The Morgan fingerprint density at radius 3 is 2.53 bits per heavy atom. The molecule has 0 aliphatic carbocycles. The molecule has 8 nitrogen and oxygen atoms in total. The highest BCUT2D eigenvalue weighted by atomic mass is 16.5. The third-order valence-electron chi connectivity index (χ3n) is 2.61. The molecule has 0 spiro atoms. The second-order valence-electron chi connectivity index (χ2n) is 4.17. The van der Waals surface area contributed by atoms with E-state index < -0.39 is 18.1 Å². The van der Waals surface area contributed by atoms with Crippen molar-refractivity contribution in [2.24, 2.45) is 0 Å². The van der Waals surface area contributed by atoms with E-state index in [9.17, 15) is 9.59 Å². The first-order valence-electron chi connectivity index (χ1n) is 5.71. The smallest absolute Gasteiger partial charge is 0.334 e. The monoisotopic (exact) mass is 271 g/mol. The maximum Gasteiger partial charge on any atom is 0.334 e. The Kier molecular flexibility index (Phi) is 4.87. The fourth-order valence-corrected chi connectivity index (χ4v) is 1.70. The maximum absolute atomic E-state index is 11.5. The summed E-state index contributed by atoms with van der Waals surface area (Å²) in [5.41, 5.74) is 1.45. The van der Waals surface area contributed by atoms with Gasteiger partial charge in [0.25, 0.3) is 0 Å². The molecule has 4 N–H and O–H groups in total. The zero-order chi connectivity index (χ0) is 14.6. The number of urea groups is 1. The quantitative estimate of drug-likeness (QED) is 0.602. The molecule has 0 aromatic carbocycles. The van der Waals surface area contributed by atoms with Crippen molar-refractivity contribution in [3.63, 3.8) is 0 Å². The van der Waals surface area contributed by atoms with Crippen LogP contribution in [-0.4, -0.2) is 40.0 Å². The van der Waals surface area contributed by atoms with Crippen molar-refractivity contribution in [3.8, 4) is 0 Å². The lowest BCUT2D eigenvalue weighted by atomic mass is 10.1. The summed E-state index contributed by atoms with van der Waals surface area (Å²) in [6, 6.07) is -0.916. The standard InChI is InChI=1S/C11H17N3O5/c1-5(9-6(2)14-19-7(9)3)13-11(18)12-4-8(15)10(16)17/h5,8,15H,4H2,1-3H3,(H,16,17)(H2,12,13,18). The number of rotatable bonds is 5. The molecule has 2 unspecified atom stereocenters. The second kappa shape index (κ2) is 6.19. The minimum Gasteiger partial charge on any atom is -0.479 e. The highest BCUT2D eigenvalue weighted by Crippen LogP contribution is 2.20. The molecule has 106 valence electrons. The molecule has 0 saturated heterocycles. The van der Waals surface area contributed by atoms with E-state index in [1.165, 1.54) is 0 Å². The lowest BCUT2D eigenvalue weighted by molar-refractivity contribution is -0.146. The molecule has 0 saturated carbocycles. The zero-order valence-electron chi connectivity index (χ0n) is 10.9. The molecule has 1 rings (SSSR count). The lowest BCUT2D eigenvalue weighted by Crippen LogP contribution is -2.42. The molecular weight excluding hydrogens is 254 g/mol. The number of aryl methyl sites for hydroxylation is 2. The molecule has 2 atom stereocenters. The van der Waals surface area contributed by atoms with Gasteiger partial charge in [0.15, 0.2) is 6.10 Å². The van der Waals surface area contributed by atoms with E-state index >= 15 is 0 Å². The number of hydrogen-bond acceptors (Lipinski definition) is 5. The fraction of sp³-hybridized carbons (Fsp3) is 0.545. The van der Waals surface area contributed by atoms with Gasteiger partial charge in [0.2, 0.25) is 0 Å². The van der Waals surface area contributed by atoms with E-state index in [1.54, 1.807) is 20.8 Å². The Bertz CT molecular complexity index is 451. The number of aliphatic hydroxyl groups is 1. The van der Waals surface area contributed by atoms with E-state index in [4.69, 9.17) is 14.7 Å². The predicted molar refractivity (Wildman–Crippen MR) is 64.6 cm³/mol. The molecule has 0 bridgehead atoms. The number of carbonyl (C=O) groups is 2. The number of carboxylic acid groups (broad SMARTS) is 1. The van der Waals surface area contributed by atoms with Crippen molar-refractivity contribution >= 4 is 12.0 Å². The average Bonchev–Trinajstić information content (AvgIpc) is 2.65. The maximum atomic E-state index is 11.5. The van der Waals surface area contributed by atoms with Crippen molar-refractivity contribution in [2.75, 3.05) is 6.54 Å². The van der Waals surface area contributed by atoms with E-state index in [0.717, 1.165) is 5.56 Å². The zero-order valence-corrected chi connectivity index (χ0v) is 10.9. The number of amides is 2. The van der Waals surface area contributed by atoms with Crippen LogP contribution >= 0.6 is 0 Å². The summed E-state index contributed by atoms with van der Waals surface area (Å²) in [4.78, 5) is 21.9. The summed E-state index contributed by atoms with van der Waals surface area (Å²) in [5.74, 6) is -0.782. The molecule has 0 aliphatic heterocycles. The highest BCUT2D eigenvalue weighted by molar-refractivity contribution is 5.77. The molecule has 0 radical (unpaired) electrons. The van der Waals surface area contributed by atoms with Gasteiger partial charge in [-0.15, -0.1) is 0 Å². The van der Waals surface area contributed by atoms with Crippen molar-refractivity contribution in [1.29, 1.82) is 0 Å². The number of carbonyl (C=O) groups excluding carboxylic acids is 1. The van der Waals surface area contributed by atoms with E-state index in [0.29, 0.717) is 11.5 Å². The van der Waals surface area contributed by atoms with Crippen molar-refractivity contribution < 1.29 is 24.3 Å². The van der Waals surface area contributed by atoms with Gasteiger partial charge in [0, 0.05) is 5.56 Å². The van der Waals surface area contributed by atoms with Crippen LogP contribution in [0.3, 0.4) is 0 Å². The average molecular weight is 271 g/mol. The van der Waals surface area contributed by atoms with Crippen LogP contribution in [0.5, 0.6) is 0 Å². The molecule has 0 aliphatic rings. The van der Waals surface area contributed by atoms with Crippen LogP contribution in [0.15, 0.2) is 4.52 Å². The Morgan fingerprint density at radius 2 is 2.05 bits per heavy atom. The molecule has 19 heavy (non-hydrogen) atoms. The number of aromatic nitrogens is 1. The first kappa shape index (κ1) is 15.0. The van der Waals surface area contributed by atoms with Gasteiger partial charge in [-0.2, -0.15) is 0 Å². The van der Waals surface area contributed by atoms with Gasteiger partial charge in [-0.3, -0.25) is 0 Å². The van der Waals surface area contributed by atoms with E-state index in [-0.39, 0.29) is 12.6 Å². The van der Waals surface area contributed by atoms with Gasteiger partial charge in [-0.1, -0.05) is 5.16 Å². The SMILES string of the molecule is Cc1noc(C)c1C(C)NC(=O)NCC(O)C(=O)O. The number of aliphatic carboxylic acids is 1. The van der Waals surface area contributed by atoms with Crippen LogP contribution < -0.4 is 10.6 Å². The van der Waals surface area contributed by atoms with Crippen LogP contribution in [0.25, 0.3) is 0 Å². The summed E-state index contributed by atoms with van der Waals surface area (Å²) >= 11 is 0. The molecule has 0 fully saturated rings. The van der Waals surface area contributed by atoms with Gasteiger partial charge >= 0.3 is 12.0 Å². The minimum atomic E-state index is -1.62. The number of nitrogens with zero attached hydrogens (tertiary/aromatic N) is 1. The molecule has 2 amide bonds. The highest BCUT2D eigenvalue weighted by Gasteiger charge is 2.19. The first-order valence-corrected chi connectivity index (χ1v) is 5.71. The largest absolute Gasteiger partial charge is 0.479 e. The number of aliphatic hydroxyl groups excluding tert-OH is 1. The van der Waals surface area contributed by atoms with Crippen molar-refractivity contribution in [3.05, 3.63) is 17.0 Å². The van der Waals surface area contributed by atoms with Gasteiger partial charge in [0.1, 0.15) is 5.76 Å². The van der Waals surface area contributed by atoms with E-state index in [1.807, 2.05) is 0 Å². The third kappa shape index (κ3) is 3.95. The topological polar surface area (TPSA) is 125 Å². The van der Waals surface area contributed by atoms with Crippen LogP contribution in [0.2, 0.25) is 0 Å². The van der Waals surface area contributed by atoms with Crippen LogP contribution in [-0.2, 0) is 4.79 Å². The first-order chi connectivity index (χ1) is 8.82. The van der Waals surface area contributed by atoms with Crippen molar-refractivity contribution in [2.45, 2.75) is 32.9 Å². The summed E-state index contributed by atoms with van der Waals surface area (Å²) in [7, 11) is 0. The Morgan fingerprint density at radius 1 is 1.42 bits per heavy atom. The van der Waals surface area contributed by atoms with E-state index in [2.05, 4.69) is 15.8 Å². The Hall–Kier alpha value is -2.09. The summed E-state index contributed by atoms with van der Waals surface area (Å²) in [5, 5.41) is 26.1. The van der Waals surface area contributed by atoms with Crippen LogP contribution in [0, 0.1) is 13.8 Å². The summed E-state index contributed by atoms with van der Waals surface area (Å²) in [6.07, 6.45) is -1.62. The normalized spacial score (nSPS) is 13.7. The molecule has 1 aromatic rings. The molecule has 8 heteroatoms. The van der Waals surface area contributed by atoms with Gasteiger partial charge in [0.05, 0.1) is 18.3 Å².